The summed E-state index contributed by atoms with van der Waals surface area (Å²) < 4.78 is 24.1. The second-order valence-corrected chi connectivity index (χ2v) is 11.1. The number of fused-ring (bicyclic) bond motifs is 8. The Morgan fingerprint density at radius 3 is 1.97 bits per heavy atom. The Balaban J connectivity index is 1.68. The van der Waals surface area contributed by atoms with Crippen molar-refractivity contribution in [2.75, 3.05) is 0 Å². The van der Waals surface area contributed by atoms with Gasteiger partial charge in [-0.15, -0.1) is 0 Å². The highest BCUT2D eigenvalue weighted by Gasteiger charge is 2.19. The smallest absolute Gasteiger partial charge is 0.262 e. The van der Waals surface area contributed by atoms with Crippen LogP contribution in [0.1, 0.15) is 22.8 Å². The second kappa shape index (κ2) is 8.23. The molecule has 4 aromatic rings. The quantitative estimate of drug-likeness (QED) is 0.244. The number of nitrogens with one attached hydrogen (secondary N) is 2. The van der Waals surface area contributed by atoms with Crippen LogP contribution < -0.4 is 0 Å². The average molecular weight is 519 g/mol. The summed E-state index contributed by atoms with van der Waals surface area (Å²) in [6, 6.07) is 18.4. The summed E-state index contributed by atoms with van der Waals surface area (Å²) in [5.41, 5.74) is 7.78. The van der Waals surface area contributed by atoms with E-state index in [-0.39, 0.29) is 9.92 Å². The normalized spacial score (nSPS) is 12.9. The molecule has 2 aliphatic rings. The number of aromatic nitrogens is 4. The number of H-pyrrole nitrogens is 2. The van der Waals surface area contributed by atoms with E-state index >= 15 is 0 Å². The molecule has 2 aliphatic heterocycles. The van der Waals surface area contributed by atoms with E-state index in [0.717, 1.165) is 50.4 Å². The van der Waals surface area contributed by atoms with E-state index in [0.29, 0.717) is 5.56 Å². The minimum absolute atomic E-state index is 0.0627. The van der Waals surface area contributed by atoms with Gasteiger partial charge < -0.3 is 9.97 Å². The van der Waals surface area contributed by atoms with Gasteiger partial charge in [0.1, 0.15) is 4.90 Å². The maximum atomic E-state index is 12.0. The molecular weight excluding hydrogens is 503 g/mol. The SMILES string of the molecule is O=S(=O)(Cl)c1cccc(-c2cc3cc4ccc(cc5nc(cc6nc(cc2[nH]3)C=C6)C=C5)[nH]4)c1Cl. The minimum atomic E-state index is -4.01. The van der Waals surface area contributed by atoms with Crippen molar-refractivity contribution in [2.24, 2.45) is 0 Å². The zero-order chi connectivity index (χ0) is 24.2. The maximum Gasteiger partial charge on any atom is 0.262 e. The molecule has 172 valence electrons. The fourth-order valence-corrected chi connectivity index (χ4v) is 5.75. The van der Waals surface area contributed by atoms with Crippen LogP contribution in [0.15, 0.2) is 65.6 Å². The van der Waals surface area contributed by atoms with Crippen molar-refractivity contribution in [1.82, 2.24) is 19.9 Å². The highest BCUT2D eigenvalue weighted by molar-refractivity contribution is 8.13. The first-order valence-corrected chi connectivity index (χ1v) is 13.3. The summed E-state index contributed by atoms with van der Waals surface area (Å²) >= 11 is 6.53. The largest absolute Gasteiger partial charge is 0.355 e. The molecule has 5 heterocycles. The molecule has 0 unspecified atom stereocenters. The molecular formula is C26H16Cl2N4O2S. The molecule has 0 fully saturated rings. The van der Waals surface area contributed by atoms with E-state index in [1.807, 2.05) is 66.8 Å². The number of rotatable bonds is 2. The Morgan fingerprint density at radius 1 is 0.657 bits per heavy atom. The standard InChI is InChI=1S/C26H16Cl2N4O2S/c27-26-22(2-1-3-25(26)35(28,33)34)23-13-21-12-19-7-6-17(30-19)10-15-4-5-16(29-15)11-18-8-9-20(31-18)14-24(23)32-21/h1-14,30,32H. The first kappa shape index (κ1) is 21.9. The minimum Gasteiger partial charge on any atom is -0.355 e. The van der Waals surface area contributed by atoms with E-state index in [9.17, 15) is 8.42 Å². The fourth-order valence-electron chi connectivity index (χ4n) is 4.15. The summed E-state index contributed by atoms with van der Waals surface area (Å²) in [5.74, 6) is 0. The van der Waals surface area contributed by atoms with Gasteiger partial charge in [-0.25, -0.2) is 18.4 Å². The van der Waals surface area contributed by atoms with Crippen LogP contribution in [-0.2, 0) is 9.05 Å². The molecule has 9 heteroatoms. The van der Waals surface area contributed by atoms with Gasteiger partial charge in [0, 0.05) is 43.9 Å². The predicted octanol–water partition coefficient (Wildman–Crippen LogP) is 6.90. The highest BCUT2D eigenvalue weighted by atomic mass is 35.7. The second-order valence-electron chi connectivity index (χ2n) is 8.14. The average Bonchev–Trinajstić information content (AvgIpc) is 3.58. The van der Waals surface area contributed by atoms with Crippen LogP contribution in [0.25, 0.3) is 57.5 Å². The van der Waals surface area contributed by atoms with Crippen LogP contribution in [-0.4, -0.2) is 28.4 Å². The van der Waals surface area contributed by atoms with Crippen LogP contribution >= 0.6 is 22.3 Å². The third-order valence-electron chi connectivity index (χ3n) is 5.68. The van der Waals surface area contributed by atoms with Crippen molar-refractivity contribution >= 4 is 77.7 Å². The third-order valence-corrected chi connectivity index (χ3v) is 7.57. The van der Waals surface area contributed by atoms with Gasteiger partial charge in [0.05, 0.1) is 27.8 Å². The number of hydrogen-bond donors (Lipinski definition) is 2. The summed E-state index contributed by atoms with van der Waals surface area (Å²) in [6.07, 6.45) is 7.74. The number of aromatic amines is 2. The third kappa shape index (κ3) is 4.30. The summed E-state index contributed by atoms with van der Waals surface area (Å²) in [5, 5.41) is 0.0627. The van der Waals surface area contributed by atoms with E-state index in [1.54, 1.807) is 12.1 Å². The molecule has 0 atom stereocenters. The van der Waals surface area contributed by atoms with Gasteiger partial charge in [-0.1, -0.05) is 23.7 Å². The van der Waals surface area contributed by atoms with Gasteiger partial charge >= 0.3 is 0 Å². The number of benzene rings is 1. The molecule has 0 aliphatic carbocycles. The lowest BCUT2D eigenvalue weighted by Gasteiger charge is -2.06. The maximum absolute atomic E-state index is 12.0. The molecule has 0 amide bonds. The fraction of sp³-hybridized carbons (Fsp3) is 0. The molecule has 0 saturated carbocycles. The lowest BCUT2D eigenvalue weighted by atomic mass is 10.1. The van der Waals surface area contributed by atoms with Gasteiger partial charge in [0.25, 0.3) is 9.05 Å². The van der Waals surface area contributed by atoms with Crippen LogP contribution in [0.2, 0.25) is 5.02 Å². The molecule has 2 N–H and O–H groups in total. The zero-order valence-corrected chi connectivity index (χ0v) is 20.3. The first-order chi connectivity index (χ1) is 16.8. The molecule has 0 radical (unpaired) electrons. The lowest BCUT2D eigenvalue weighted by molar-refractivity contribution is 0.609. The van der Waals surface area contributed by atoms with Gasteiger partial charge in [0.2, 0.25) is 0 Å². The Kier molecular flexibility index (Phi) is 5.14. The number of halogens is 2. The van der Waals surface area contributed by atoms with Crippen molar-refractivity contribution in [1.29, 1.82) is 0 Å². The van der Waals surface area contributed by atoms with Crippen molar-refractivity contribution in [2.45, 2.75) is 4.90 Å². The molecule has 35 heavy (non-hydrogen) atoms. The molecule has 8 bridgehead atoms. The number of nitrogens with zero attached hydrogens (tertiary/aromatic N) is 2. The predicted molar refractivity (Wildman–Crippen MR) is 142 cm³/mol. The molecule has 6 nitrogen and oxygen atoms in total. The van der Waals surface area contributed by atoms with E-state index in [4.69, 9.17) is 22.3 Å². The van der Waals surface area contributed by atoms with E-state index in [1.165, 1.54) is 6.07 Å². The van der Waals surface area contributed by atoms with Gasteiger partial charge in [-0.05, 0) is 72.8 Å². The monoisotopic (exact) mass is 518 g/mol. The zero-order valence-electron chi connectivity index (χ0n) is 18.0. The summed E-state index contributed by atoms with van der Waals surface area (Å²) in [4.78, 5) is 16.0. The Labute approximate surface area is 210 Å². The van der Waals surface area contributed by atoms with Crippen molar-refractivity contribution in [3.05, 3.63) is 88.5 Å². The van der Waals surface area contributed by atoms with Crippen LogP contribution in [0.4, 0.5) is 0 Å². The van der Waals surface area contributed by atoms with Gasteiger partial charge in [0.15, 0.2) is 0 Å². The molecule has 1 aromatic carbocycles. The lowest BCUT2D eigenvalue weighted by Crippen LogP contribution is -1.93. The topological polar surface area (TPSA) is 91.5 Å². The highest BCUT2D eigenvalue weighted by Crippen LogP contribution is 2.37. The molecule has 6 rings (SSSR count). The Bertz CT molecular complexity index is 1850. The summed E-state index contributed by atoms with van der Waals surface area (Å²) in [6.45, 7) is 0. The van der Waals surface area contributed by atoms with Crippen molar-refractivity contribution in [3.63, 3.8) is 0 Å². The van der Waals surface area contributed by atoms with Crippen molar-refractivity contribution < 1.29 is 8.42 Å². The van der Waals surface area contributed by atoms with Gasteiger partial charge in [-0.3, -0.25) is 0 Å². The first-order valence-electron chi connectivity index (χ1n) is 10.6. The van der Waals surface area contributed by atoms with Crippen LogP contribution in [0, 0.1) is 0 Å². The van der Waals surface area contributed by atoms with Crippen molar-refractivity contribution in [3.8, 4) is 11.1 Å². The van der Waals surface area contributed by atoms with Gasteiger partial charge in [-0.2, -0.15) is 0 Å². The molecule has 0 saturated heterocycles. The molecule has 0 spiro atoms. The molecule has 3 aromatic heterocycles. The number of hydrogen-bond acceptors (Lipinski definition) is 4. The van der Waals surface area contributed by atoms with E-state index < -0.39 is 9.05 Å². The Morgan fingerprint density at radius 2 is 1.29 bits per heavy atom. The van der Waals surface area contributed by atoms with Crippen LogP contribution in [0.3, 0.4) is 0 Å². The van der Waals surface area contributed by atoms with Crippen LogP contribution in [0.5, 0.6) is 0 Å². The van der Waals surface area contributed by atoms with E-state index in [2.05, 4.69) is 19.9 Å². The summed E-state index contributed by atoms with van der Waals surface area (Å²) in [7, 11) is 1.60. The Hall–Kier alpha value is -3.65.